The topological polar surface area (TPSA) is 17.0 Å². The van der Waals surface area contributed by atoms with Gasteiger partial charge in [-0.15, -0.1) is 0 Å². The maximum atomic E-state index is 8.57. The summed E-state index contributed by atoms with van der Waals surface area (Å²) < 4.78 is 25.6. The number of benzene rings is 3. The van der Waals surface area contributed by atoms with E-state index in [0.717, 1.165) is 44.1 Å². The molecule has 0 unspecified atom stereocenters. The third-order valence-corrected chi connectivity index (χ3v) is 5.58. The van der Waals surface area contributed by atoms with Crippen LogP contribution in [0.5, 0.6) is 0 Å². The number of hydrogen-bond acceptors (Lipinski definition) is 1. The van der Waals surface area contributed by atoms with Crippen LogP contribution in [0.2, 0.25) is 0 Å². The molecule has 0 saturated heterocycles. The first-order valence-corrected chi connectivity index (χ1v) is 10.1. The van der Waals surface area contributed by atoms with Gasteiger partial charge in [-0.25, -0.2) is 4.57 Å². The van der Waals surface area contributed by atoms with Crippen LogP contribution in [0.1, 0.15) is 27.7 Å². The monoisotopic (exact) mass is 382 g/mol. The highest BCUT2D eigenvalue weighted by Gasteiger charge is 2.21. The Morgan fingerprint density at radius 3 is 2.48 bits per heavy atom. The fourth-order valence-corrected chi connectivity index (χ4v) is 4.18. The summed E-state index contributed by atoms with van der Waals surface area (Å²) in [5.74, 6) is -0.122. The lowest BCUT2D eigenvalue weighted by atomic mass is 9.97. The summed E-state index contributed by atoms with van der Waals surface area (Å²) in [7, 11) is 2.00. The van der Waals surface area contributed by atoms with Crippen LogP contribution in [0.25, 0.3) is 44.0 Å². The number of furan rings is 1. The molecule has 0 spiro atoms. The third kappa shape index (κ3) is 3.00. The molecule has 0 N–H and O–H groups in total. The van der Waals surface area contributed by atoms with E-state index in [9.17, 15) is 0 Å². The predicted octanol–water partition coefficient (Wildman–Crippen LogP) is 6.74. The molecule has 0 bridgehead atoms. The minimum absolute atomic E-state index is 0.122. The van der Waals surface area contributed by atoms with Crippen LogP contribution in [0.15, 0.2) is 71.3 Å². The van der Waals surface area contributed by atoms with Gasteiger partial charge in [-0.05, 0) is 53.2 Å². The average Bonchev–Trinajstić information content (AvgIpc) is 3.09. The Morgan fingerprint density at radius 1 is 0.966 bits per heavy atom. The molecule has 2 heteroatoms. The van der Waals surface area contributed by atoms with Gasteiger partial charge in [0.15, 0.2) is 6.20 Å². The van der Waals surface area contributed by atoms with E-state index in [1.807, 2.05) is 49.9 Å². The molecule has 2 nitrogen and oxygen atoms in total. The Labute approximate surface area is 174 Å². The molecule has 0 fully saturated rings. The van der Waals surface area contributed by atoms with Crippen molar-refractivity contribution >= 4 is 32.7 Å². The number of fused-ring (bicyclic) bond motifs is 4. The summed E-state index contributed by atoms with van der Waals surface area (Å²) in [4.78, 5) is 0. The quantitative estimate of drug-likeness (QED) is 0.316. The van der Waals surface area contributed by atoms with Crippen molar-refractivity contribution in [1.82, 2.24) is 0 Å². The molecular weight excluding hydrogens is 354 g/mol. The van der Waals surface area contributed by atoms with Gasteiger partial charge in [-0.3, -0.25) is 0 Å². The molecule has 0 radical (unpaired) electrons. The predicted molar refractivity (Wildman–Crippen MR) is 121 cm³/mol. The van der Waals surface area contributed by atoms with Crippen molar-refractivity contribution < 1.29 is 11.7 Å². The first-order valence-electron chi connectivity index (χ1n) is 11.1. The zero-order valence-corrected chi connectivity index (χ0v) is 17.3. The number of hydrogen-bond donors (Lipinski definition) is 0. The molecule has 2 aromatic heterocycles. The maximum absolute atomic E-state index is 8.57. The minimum Gasteiger partial charge on any atom is -0.455 e. The Kier molecular flexibility index (Phi) is 3.66. The van der Waals surface area contributed by atoms with Crippen molar-refractivity contribution in [2.45, 2.75) is 27.1 Å². The summed E-state index contributed by atoms with van der Waals surface area (Å²) in [6, 6.07) is 20.8. The molecule has 0 saturated carbocycles. The van der Waals surface area contributed by atoms with Crippen LogP contribution < -0.4 is 4.57 Å². The zero-order chi connectivity index (χ0) is 21.9. The van der Waals surface area contributed by atoms with Crippen LogP contribution in [0, 0.1) is 12.8 Å². The smallest absolute Gasteiger partial charge is 0.216 e. The lowest BCUT2D eigenvalue weighted by Crippen LogP contribution is -2.31. The zero-order valence-electron chi connectivity index (χ0n) is 19.3. The highest BCUT2D eigenvalue weighted by molar-refractivity contribution is 6.13. The maximum Gasteiger partial charge on any atom is 0.216 e. The number of nitrogens with zero attached hydrogens (tertiary/aromatic N) is 1. The minimum atomic E-state index is -1.41. The van der Waals surface area contributed by atoms with Gasteiger partial charge in [0.2, 0.25) is 5.69 Å². The molecule has 5 aromatic rings. The van der Waals surface area contributed by atoms with E-state index in [1.54, 1.807) is 0 Å². The molecule has 0 amide bonds. The molecular formula is C27H26NO+. The highest BCUT2D eigenvalue weighted by Crippen LogP contribution is 2.38. The lowest BCUT2D eigenvalue weighted by Gasteiger charge is -2.09. The third-order valence-electron chi connectivity index (χ3n) is 5.58. The van der Waals surface area contributed by atoms with E-state index in [4.69, 9.17) is 7.16 Å². The largest absolute Gasteiger partial charge is 0.455 e. The van der Waals surface area contributed by atoms with Gasteiger partial charge in [0.25, 0.3) is 0 Å². The first kappa shape index (κ1) is 15.8. The molecule has 144 valence electrons. The van der Waals surface area contributed by atoms with Gasteiger partial charge >= 0.3 is 0 Å². The van der Waals surface area contributed by atoms with Crippen LogP contribution >= 0.6 is 0 Å². The van der Waals surface area contributed by atoms with Crippen LogP contribution in [0.3, 0.4) is 0 Å². The lowest BCUT2D eigenvalue weighted by molar-refractivity contribution is -0.660. The van der Waals surface area contributed by atoms with E-state index < -0.39 is 6.37 Å². The molecule has 0 aliphatic carbocycles. The number of pyridine rings is 1. The van der Waals surface area contributed by atoms with Gasteiger partial charge < -0.3 is 4.42 Å². The summed E-state index contributed by atoms with van der Waals surface area (Å²) in [5.41, 5.74) is 5.48. The van der Waals surface area contributed by atoms with Gasteiger partial charge in [0.05, 0.1) is 5.56 Å². The van der Waals surface area contributed by atoms with E-state index >= 15 is 0 Å². The van der Waals surface area contributed by atoms with Crippen LogP contribution in [0.4, 0.5) is 0 Å². The van der Waals surface area contributed by atoms with E-state index in [0.29, 0.717) is 5.56 Å². The summed E-state index contributed by atoms with van der Waals surface area (Å²) in [5, 5.41) is 4.53. The Morgan fingerprint density at radius 2 is 1.72 bits per heavy atom. The van der Waals surface area contributed by atoms with Crippen LogP contribution in [-0.4, -0.2) is 0 Å². The second-order valence-electron chi connectivity index (χ2n) is 8.14. The fourth-order valence-electron chi connectivity index (χ4n) is 4.18. The van der Waals surface area contributed by atoms with Crippen molar-refractivity contribution in [3.63, 3.8) is 0 Å². The Balaban J connectivity index is 1.83. The molecule has 0 aliphatic heterocycles. The van der Waals surface area contributed by atoms with Gasteiger partial charge in [0, 0.05) is 25.6 Å². The Hall–Kier alpha value is -3.13. The highest BCUT2D eigenvalue weighted by atomic mass is 16.3. The van der Waals surface area contributed by atoms with E-state index in [1.165, 1.54) is 5.39 Å². The SMILES string of the molecule is [2H]C([2H])(c1cc[n+](C)c(-c2c(C)ccc3c2oc2cc4ccccc4cc23)c1)C(C)C. The van der Waals surface area contributed by atoms with E-state index in [-0.39, 0.29) is 5.92 Å². The standard InChI is InChI=1S/C27H26NO/c1-17(2)13-19-11-12-28(4)24(14-19)26-18(3)9-10-22-23-15-20-7-5-6-8-21(20)16-25(23)29-27(22)26/h5-12,14-17H,13H2,1-4H3/q+1/i13D2. The van der Waals surface area contributed by atoms with E-state index in [2.05, 4.69) is 49.4 Å². The Bertz CT molecular complexity index is 1460. The van der Waals surface area contributed by atoms with Crippen molar-refractivity contribution in [1.29, 1.82) is 0 Å². The fraction of sp³-hybridized carbons (Fsp3) is 0.222. The molecule has 3 aromatic carbocycles. The van der Waals surface area contributed by atoms with Crippen molar-refractivity contribution in [3.05, 3.63) is 78.0 Å². The number of rotatable bonds is 3. The number of aromatic nitrogens is 1. The van der Waals surface area contributed by atoms with Gasteiger partial charge in [0.1, 0.15) is 18.2 Å². The van der Waals surface area contributed by atoms with Gasteiger partial charge in [-0.2, -0.15) is 0 Å². The molecule has 29 heavy (non-hydrogen) atoms. The van der Waals surface area contributed by atoms with Crippen molar-refractivity contribution in [2.24, 2.45) is 13.0 Å². The summed E-state index contributed by atoms with van der Waals surface area (Å²) >= 11 is 0. The molecule has 0 atom stereocenters. The van der Waals surface area contributed by atoms with Crippen molar-refractivity contribution in [2.75, 3.05) is 0 Å². The second kappa shape index (κ2) is 6.73. The summed E-state index contributed by atoms with van der Waals surface area (Å²) in [6.45, 7) is 5.92. The summed E-state index contributed by atoms with van der Waals surface area (Å²) in [6.07, 6.45) is 0.538. The normalized spacial score (nSPS) is 13.4. The molecule has 5 rings (SSSR count). The molecule has 2 heterocycles. The van der Waals surface area contributed by atoms with Gasteiger partial charge in [-0.1, -0.05) is 50.2 Å². The first-order chi connectivity index (χ1) is 14.8. The average molecular weight is 383 g/mol. The second-order valence-corrected chi connectivity index (χ2v) is 8.14. The number of aryl methyl sites for hydroxylation is 2. The molecule has 0 aliphatic rings. The van der Waals surface area contributed by atoms with Crippen molar-refractivity contribution in [3.8, 4) is 11.3 Å². The van der Waals surface area contributed by atoms with Crippen LogP contribution in [-0.2, 0) is 13.4 Å².